The summed E-state index contributed by atoms with van der Waals surface area (Å²) in [5, 5.41) is 3.31. The van der Waals surface area contributed by atoms with E-state index in [-0.39, 0.29) is 22.1 Å². The molecule has 0 bridgehead atoms. The summed E-state index contributed by atoms with van der Waals surface area (Å²) >= 11 is 18.0. The summed E-state index contributed by atoms with van der Waals surface area (Å²) in [4.78, 5) is 12.6. The molecule has 2 aromatic carbocycles. The zero-order valence-corrected chi connectivity index (χ0v) is 18.2. The third-order valence-electron chi connectivity index (χ3n) is 3.61. The zero-order chi connectivity index (χ0) is 21.1. The van der Waals surface area contributed by atoms with Gasteiger partial charge >= 0.3 is 0 Å². The van der Waals surface area contributed by atoms with E-state index >= 15 is 0 Å². The maximum absolute atomic E-state index is 12.6. The van der Waals surface area contributed by atoms with Gasteiger partial charge in [0.25, 0.3) is 0 Å². The lowest BCUT2D eigenvalue weighted by molar-refractivity contribution is -0.114. The van der Waals surface area contributed by atoms with Crippen molar-refractivity contribution in [3.8, 4) is 11.5 Å². The minimum absolute atomic E-state index is 0.0940. The van der Waals surface area contributed by atoms with Crippen molar-refractivity contribution < 1.29 is 22.7 Å². The highest BCUT2D eigenvalue weighted by Gasteiger charge is 2.24. The van der Waals surface area contributed by atoms with E-state index < -0.39 is 22.5 Å². The highest BCUT2D eigenvalue weighted by molar-refractivity contribution is 7.92. The van der Waals surface area contributed by atoms with E-state index in [9.17, 15) is 13.2 Å². The lowest BCUT2D eigenvalue weighted by atomic mass is 10.2. The van der Waals surface area contributed by atoms with Crippen LogP contribution in [-0.2, 0) is 14.8 Å². The van der Waals surface area contributed by atoms with Crippen LogP contribution in [0.1, 0.15) is 0 Å². The molecular weight excluding hydrogens is 451 g/mol. The van der Waals surface area contributed by atoms with Crippen LogP contribution in [0.15, 0.2) is 30.3 Å². The Balaban J connectivity index is 2.33. The number of rotatable bonds is 7. The molecule has 0 atom stereocenters. The predicted molar refractivity (Wildman–Crippen MR) is 112 cm³/mol. The van der Waals surface area contributed by atoms with Gasteiger partial charge in [-0.25, -0.2) is 8.42 Å². The number of sulfonamides is 1. The van der Waals surface area contributed by atoms with Crippen LogP contribution in [0.2, 0.25) is 15.1 Å². The number of carbonyl (C=O) groups is 1. The van der Waals surface area contributed by atoms with Gasteiger partial charge in [-0.3, -0.25) is 9.10 Å². The Kier molecular flexibility index (Phi) is 7.28. The van der Waals surface area contributed by atoms with Gasteiger partial charge in [0.05, 0.1) is 41.9 Å². The topological polar surface area (TPSA) is 84.9 Å². The minimum atomic E-state index is -3.81. The number of amides is 1. The molecule has 1 N–H and O–H groups in total. The van der Waals surface area contributed by atoms with Gasteiger partial charge < -0.3 is 14.8 Å². The van der Waals surface area contributed by atoms with Crippen molar-refractivity contribution in [3.05, 3.63) is 45.4 Å². The molecule has 1 amide bonds. The molecule has 0 heterocycles. The highest BCUT2D eigenvalue weighted by atomic mass is 35.5. The van der Waals surface area contributed by atoms with Gasteiger partial charge in [-0.2, -0.15) is 0 Å². The van der Waals surface area contributed by atoms with Crippen LogP contribution in [0, 0.1) is 0 Å². The summed E-state index contributed by atoms with van der Waals surface area (Å²) in [7, 11) is -0.977. The van der Waals surface area contributed by atoms with Crippen molar-refractivity contribution in [1.29, 1.82) is 0 Å². The van der Waals surface area contributed by atoms with Crippen molar-refractivity contribution in [1.82, 2.24) is 0 Å². The van der Waals surface area contributed by atoms with Crippen LogP contribution in [0.3, 0.4) is 0 Å². The Morgan fingerprint density at radius 1 is 1.04 bits per heavy atom. The van der Waals surface area contributed by atoms with Gasteiger partial charge in [-0.1, -0.05) is 34.8 Å². The van der Waals surface area contributed by atoms with E-state index in [4.69, 9.17) is 44.3 Å². The molecule has 2 aromatic rings. The van der Waals surface area contributed by atoms with Crippen LogP contribution < -0.4 is 19.1 Å². The number of hydrogen-bond acceptors (Lipinski definition) is 5. The molecule has 11 heteroatoms. The number of ether oxygens (including phenoxy) is 2. The summed E-state index contributed by atoms with van der Waals surface area (Å²) in [6, 6.07) is 7.23. The molecule has 0 fully saturated rings. The number of nitrogens with one attached hydrogen (secondary N) is 1. The second-order valence-corrected chi connectivity index (χ2v) is 8.76. The SMILES string of the molecule is COc1cc(NC(=O)CN(c2ccc(Cl)cc2Cl)S(C)(=O)=O)c(OC)cc1Cl. The third kappa shape index (κ3) is 5.35. The first kappa shape index (κ1) is 22.4. The molecule has 0 radical (unpaired) electrons. The van der Waals surface area contributed by atoms with E-state index in [1.54, 1.807) is 0 Å². The zero-order valence-electron chi connectivity index (χ0n) is 15.1. The Labute approximate surface area is 178 Å². The van der Waals surface area contributed by atoms with Gasteiger partial charge in [-0.15, -0.1) is 0 Å². The molecule has 0 unspecified atom stereocenters. The van der Waals surface area contributed by atoms with Gasteiger partial charge in [0.15, 0.2) is 0 Å². The maximum atomic E-state index is 12.6. The second-order valence-electron chi connectivity index (χ2n) is 5.60. The molecule has 0 aliphatic carbocycles. The summed E-state index contributed by atoms with van der Waals surface area (Å²) in [6.45, 7) is -0.520. The van der Waals surface area contributed by atoms with E-state index in [2.05, 4.69) is 5.32 Å². The average molecular weight is 468 g/mol. The van der Waals surface area contributed by atoms with Crippen molar-refractivity contribution in [2.75, 3.05) is 36.6 Å². The lowest BCUT2D eigenvalue weighted by Gasteiger charge is -2.23. The van der Waals surface area contributed by atoms with Crippen molar-refractivity contribution >= 4 is 62.1 Å². The van der Waals surface area contributed by atoms with Crippen LogP contribution in [0.25, 0.3) is 0 Å². The first-order chi connectivity index (χ1) is 13.1. The number of hydrogen-bond donors (Lipinski definition) is 1. The molecular formula is C17H17Cl3N2O5S. The Morgan fingerprint density at radius 2 is 1.68 bits per heavy atom. The molecule has 0 aliphatic heterocycles. The van der Waals surface area contributed by atoms with Gasteiger partial charge in [-0.05, 0) is 18.2 Å². The first-order valence-corrected chi connectivity index (χ1v) is 10.7. The molecule has 0 aromatic heterocycles. The largest absolute Gasteiger partial charge is 0.495 e. The standard InChI is InChI=1S/C17H17Cl3N2O5S/c1-26-15-8-13(16(27-2)7-12(15)20)21-17(23)9-22(28(3,24)25)14-5-4-10(18)6-11(14)19/h4-8H,9H2,1-3H3,(H,21,23). The number of benzene rings is 2. The highest BCUT2D eigenvalue weighted by Crippen LogP contribution is 2.36. The van der Waals surface area contributed by atoms with E-state index in [1.165, 1.54) is 44.6 Å². The average Bonchev–Trinajstić information content (AvgIpc) is 2.60. The normalized spacial score (nSPS) is 11.1. The Bertz CT molecular complexity index is 999. The van der Waals surface area contributed by atoms with E-state index in [0.717, 1.165) is 10.6 Å². The fourth-order valence-corrected chi connectivity index (χ4v) is 4.00. The molecule has 2 rings (SSSR count). The quantitative estimate of drug-likeness (QED) is 0.663. The number of halogens is 3. The van der Waals surface area contributed by atoms with Crippen molar-refractivity contribution in [2.45, 2.75) is 0 Å². The smallest absolute Gasteiger partial charge is 0.245 e. The molecule has 0 aliphatic rings. The monoisotopic (exact) mass is 466 g/mol. The number of carbonyl (C=O) groups excluding carboxylic acids is 1. The van der Waals surface area contributed by atoms with Gasteiger partial charge in [0.1, 0.15) is 18.0 Å². The van der Waals surface area contributed by atoms with Crippen molar-refractivity contribution in [3.63, 3.8) is 0 Å². The Hall–Kier alpha value is -1.87. The van der Waals surface area contributed by atoms with E-state index in [0.29, 0.717) is 15.8 Å². The maximum Gasteiger partial charge on any atom is 0.245 e. The molecule has 7 nitrogen and oxygen atoms in total. The van der Waals surface area contributed by atoms with Crippen LogP contribution in [0.5, 0.6) is 11.5 Å². The molecule has 0 saturated heterocycles. The third-order valence-corrected chi connectivity index (χ3v) is 5.57. The molecule has 152 valence electrons. The van der Waals surface area contributed by atoms with Crippen molar-refractivity contribution in [2.24, 2.45) is 0 Å². The Morgan fingerprint density at radius 3 is 2.21 bits per heavy atom. The summed E-state index contributed by atoms with van der Waals surface area (Å²) in [5.74, 6) is -0.0211. The second kappa shape index (κ2) is 9.09. The summed E-state index contributed by atoms with van der Waals surface area (Å²) in [5.41, 5.74) is 0.397. The molecule has 28 heavy (non-hydrogen) atoms. The summed E-state index contributed by atoms with van der Waals surface area (Å²) in [6.07, 6.45) is 0.969. The lowest BCUT2D eigenvalue weighted by Crippen LogP contribution is -2.37. The minimum Gasteiger partial charge on any atom is -0.495 e. The molecule has 0 saturated carbocycles. The van der Waals surface area contributed by atoms with Crippen LogP contribution in [-0.4, -0.2) is 41.3 Å². The number of methoxy groups -OCH3 is 2. The molecule has 0 spiro atoms. The predicted octanol–water partition coefficient (Wildman–Crippen LogP) is 4.07. The van der Waals surface area contributed by atoms with E-state index in [1.807, 2.05) is 0 Å². The summed E-state index contributed by atoms with van der Waals surface area (Å²) < 4.78 is 35.6. The fourth-order valence-electron chi connectivity index (χ4n) is 2.34. The first-order valence-electron chi connectivity index (χ1n) is 7.71. The number of anilines is 2. The number of nitrogens with zero attached hydrogens (tertiary/aromatic N) is 1. The van der Waals surface area contributed by atoms with Crippen LogP contribution in [0.4, 0.5) is 11.4 Å². The van der Waals surface area contributed by atoms with Gasteiger partial charge in [0.2, 0.25) is 15.9 Å². The fraction of sp³-hybridized carbons (Fsp3) is 0.235. The van der Waals surface area contributed by atoms with Crippen LogP contribution >= 0.6 is 34.8 Å². The van der Waals surface area contributed by atoms with Gasteiger partial charge in [0, 0.05) is 17.2 Å².